The largest absolute Gasteiger partial charge is 0.481 e. The Bertz CT molecular complexity index is 1750. The Morgan fingerprint density at radius 2 is 1.81 bits per heavy atom. The molecule has 0 spiro atoms. The number of aromatic nitrogens is 5. The van der Waals surface area contributed by atoms with E-state index in [1.165, 1.54) is 16.2 Å². The van der Waals surface area contributed by atoms with Crippen LogP contribution in [-0.2, 0) is 13.7 Å². The fourth-order valence-corrected chi connectivity index (χ4v) is 4.89. The number of fused-ring (bicyclic) bond motifs is 1. The second kappa shape index (κ2) is 9.79. The van der Waals surface area contributed by atoms with Crippen LogP contribution in [0.15, 0.2) is 53.6 Å². The average molecular weight is 556 g/mol. The topological polar surface area (TPSA) is 94.5 Å². The molecule has 0 unspecified atom stereocenters. The molecule has 0 saturated carbocycles. The number of nitrogens with zero attached hydrogens (tertiary/aromatic N) is 5. The van der Waals surface area contributed by atoms with Crippen LogP contribution < -0.4 is 10.3 Å². The molecular formula is C26H19Cl3N5O3. The summed E-state index contributed by atoms with van der Waals surface area (Å²) in [7, 11) is 3.05. The van der Waals surface area contributed by atoms with Crippen molar-refractivity contribution in [1.29, 1.82) is 0 Å². The van der Waals surface area contributed by atoms with Crippen molar-refractivity contribution in [3.05, 3.63) is 92.5 Å². The predicted molar refractivity (Wildman–Crippen MR) is 144 cm³/mol. The molecule has 187 valence electrons. The van der Waals surface area contributed by atoms with E-state index in [0.29, 0.717) is 65.7 Å². The third kappa shape index (κ3) is 4.26. The molecule has 0 aliphatic carbocycles. The summed E-state index contributed by atoms with van der Waals surface area (Å²) in [6, 6.07) is 10.6. The minimum absolute atomic E-state index is 0.230. The van der Waals surface area contributed by atoms with Crippen LogP contribution in [0.5, 0.6) is 5.88 Å². The van der Waals surface area contributed by atoms with Gasteiger partial charge in [-0.3, -0.25) is 14.3 Å². The summed E-state index contributed by atoms with van der Waals surface area (Å²) < 4.78 is 8.02. The van der Waals surface area contributed by atoms with Gasteiger partial charge >= 0.3 is 0 Å². The molecule has 4 heterocycles. The van der Waals surface area contributed by atoms with E-state index in [1.807, 2.05) is 18.2 Å². The lowest BCUT2D eigenvalue weighted by atomic mass is 10.00. The van der Waals surface area contributed by atoms with Crippen LogP contribution in [0.3, 0.4) is 0 Å². The molecule has 0 saturated heterocycles. The van der Waals surface area contributed by atoms with Crippen molar-refractivity contribution in [3.63, 3.8) is 0 Å². The van der Waals surface area contributed by atoms with E-state index >= 15 is 0 Å². The van der Waals surface area contributed by atoms with E-state index in [0.717, 1.165) is 0 Å². The number of halogens is 3. The summed E-state index contributed by atoms with van der Waals surface area (Å²) in [6.45, 7) is 3.51. The summed E-state index contributed by atoms with van der Waals surface area (Å²) in [5, 5.41) is 15.0. The molecule has 0 aliphatic heterocycles. The molecular weight excluding hydrogens is 537 g/mol. The zero-order chi connectivity index (χ0) is 26.4. The van der Waals surface area contributed by atoms with Crippen molar-refractivity contribution >= 4 is 40.3 Å². The molecule has 1 N–H and O–H groups in total. The molecule has 0 atom stereocenters. The van der Waals surface area contributed by atoms with Gasteiger partial charge in [-0.05, 0) is 25.1 Å². The highest BCUT2D eigenvalue weighted by molar-refractivity contribution is 6.39. The number of benzene rings is 1. The number of aliphatic hydroxyl groups is 1. The van der Waals surface area contributed by atoms with Crippen molar-refractivity contribution in [1.82, 2.24) is 24.1 Å². The Kier molecular flexibility index (Phi) is 6.68. The lowest BCUT2D eigenvalue weighted by Crippen LogP contribution is -2.24. The maximum Gasteiger partial charge on any atom is 0.277 e. The number of methoxy groups -OCH3 is 1. The van der Waals surface area contributed by atoms with Crippen LogP contribution in [0.1, 0.15) is 11.4 Å². The highest BCUT2D eigenvalue weighted by Crippen LogP contribution is 2.42. The Balaban J connectivity index is 1.65. The molecule has 37 heavy (non-hydrogen) atoms. The quantitative estimate of drug-likeness (QED) is 0.309. The zero-order valence-corrected chi connectivity index (χ0v) is 21.9. The first kappa shape index (κ1) is 25.2. The summed E-state index contributed by atoms with van der Waals surface area (Å²) >= 11 is 20.1. The van der Waals surface area contributed by atoms with Gasteiger partial charge in [-0.25, -0.2) is 9.50 Å². The third-order valence-electron chi connectivity index (χ3n) is 6.03. The maximum atomic E-state index is 12.7. The fraction of sp³-hybridized carbons (Fsp3) is 0.115. The molecule has 0 fully saturated rings. The van der Waals surface area contributed by atoms with Crippen LogP contribution >= 0.6 is 34.8 Å². The standard InChI is InChI=1S/C26H19Cl3N5O3/c1-13-18(27)10-19(31-25(13)37-3)17-6-4-5-15(22(17)28)16-7-8-30-24(23(16)29)14-9-20-26(36)33(2)21(12-35)32-34(20)11-14/h4-11,35H,1,12H2,2-3H3. The first-order chi connectivity index (χ1) is 17.7. The van der Waals surface area contributed by atoms with Gasteiger partial charge in [0.05, 0.1) is 33.6 Å². The van der Waals surface area contributed by atoms with Crippen molar-refractivity contribution in [2.45, 2.75) is 6.61 Å². The smallest absolute Gasteiger partial charge is 0.277 e. The van der Waals surface area contributed by atoms with Crippen molar-refractivity contribution in [3.8, 4) is 39.5 Å². The van der Waals surface area contributed by atoms with Gasteiger partial charge in [-0.2, -0.15) is 5.10 Å². The van der Waals surface area contributed by atoms with Crippen LogP contribution in [0.25, 0.3) is 39.2 Å². The second-order valence-corrected chi connectivity index (χ2v) is 9.33. The number of hydrogen-bond donors (Lipinski definition) is 1. The van der Waals surface area contributed by atoms with E-state index in [1.54, 1.807) is 37.6 Å². The van der Waals surface area contributed by atoms with Gasteiger partial charge in [-0.1, -0.05) is 53.0 Å². The molecule has 11 heteroatoms. The Morgan fingerprint density at radius 1 is 1.08 bits per heavy atom. The van der Waals surface area contributed by atoms with Gasteiger partial charge in [-0.15, -0.1) is 0 Å². The van der Waals surface area contributed by atoms with E-state index in [-0.39, 0.29) is 18.0 Å². The monoisotopic (exact) mass is 554 g/mol. The molecule has 5 aromatic rings. The van der Waals surface area contributed by atoms with Gasteiger partial charge in [0, 0.05) is 47.3 Å². The van der Waals surface area contributed by atoms with Gasteiger partial charge in [0.15, 0.2) is 5.82 Å². The first-order valence-electron chi connectivity index (χ1n) is 10.9. The second-order valence-electron chi connectivity index (χ2n) is 8.16. The Morgan fingerprint density at radius 3 is 2.54 bits per heavy atom. The Labute approximate surface area is 226 Å². The summed E-state index contributed by atoms with van der Waals surface area (Å²) in [5.74, 6) is 0.534. The zero-order valence-electron chi connectivity index (χ0n) is 19.7. The number of ether oxygens (including phenoxy) is 1. The minimum Gasteiger partial charge on any atom is -0.481 e. The first-order valence-corrected chi connectivity index (χ1v) is 12.1. The molecule has 5 rings (SSSR count). The molecule has 0 aliphatic rings. The van der Waals surface area contributed by atoms with Crippen LogP contribution in [0, 0.1) is 6.92 Å². The van der Waals surface area contributed by atoms with Crippen LogP contribution in [0.2, 0.25) is 15.1 Å². The maximum absolute atomic E-state index is 12.7. The number of hydrogen-bond acceptors (Lipinski definition) is 6. The van der Waals surface area contributed by atoms with E-state index in [2.05, 4.69) is 22.0 Å². The lowest BCUT2D eigenvalue weighted by Gasteiger charge is -2.14. The summed E-state index contributed by atoms with van der Waals surface area (Å²) in [6.07, 6.45) is 3.26. The molecule has 0 bridgehead atoms. The van der Waals surface area contributed by atoms with Gasteiger partial charge in [0.1, 0.15) is 12.1 Å². The van der Waals surface area contributed by atoms with E-state index in [9.17, 15) is 9.90 Å². The lowest BCUT2D eigenvalue weighted by molar-refractivity contribution is 0.262. The van der Waals surface area contributed by atoms with Gasteiger partial charge in [0.25, 0.3) is 5.56 Å². The highest BCUT2D eigenvalue weighted by atomic mass is 35.5. The van der Waals surface area contributed by atoms with E-state index in [4.69, 9.17) is 39.5 Å². The molecule has 0 amide bonds. The average Bonchev–Trinajstić information content (AvgIpc) is 3.32. The fourth-order valence-electron chi connectivity index (χ4n) is 4.06. The number of rotatable bonds is 5. The number of pyridine rings is 2. The van der Waals surface area contributed by atoms with Crippen molar-refractivity contribution in [2.75, 3.05) is 7.11 Å². The highest BCUT2D eigenvalue weighted by Gasteiger charge is 2.20. The SMILES string of the molecule is [CH2]c1c(Cl)cc(-c2cccc(-c3ccnc(-c4cc5c(=O)n(C)c(CO)nn5c4)c3Cl)c2Cl)nc1OC. The predicted octanol–water partition coefficient (Wildman–Crippen LogP) is 5.47. The molecule has 1 radical (unpaired) electrons. The van der Waals surface area contributed by atoms with Crippen molar-refractivity contribution < 1.29 is 9.84 Å². The van der Waals surface area contributed by atoms with Gasteiger partial charge in [0.2, 0.25) is 5.88 Å². The van der Waals surface area contributed by atoms with Crippen LogP contribution in [0.4, 0.5) is 0 Å². The minimum atomic E-state index is -0.373. The van der Waals surface area contributed by atoms with Crippen LogP contribution in [-0.4, -0.2) is 36.4 Å². The summed E-state index contributed by atoms with van der Waals surface area (Å²) in [5.41, 5.74) is 3.98. The third-order valence-corrected chi connectivity index (χ3v) is 7.16. The van der Waals surface area contributed by atoms with Crippen molar-refractivity contribution in [2.24, 2.45) is 7.05 Å². The van der Waals surface area contributed by atoms with Gasteiger partial charge < -0.3 is 9.84 Å². The molecule has 8 nitrogen and oxygen atoms in total. The molecule has 4 aromatic heterocycles. The Hall–Kier alpha value is -3.43. The molecule has 1 aromatic carbocycles. The van der Waals surface area contributed by atoms with E-state index < -0.39 is 0 Å². The normalized spacial score (nSPS) is 11.3. The summed E-state index contributed by atoms with van der Waals surface area (Å²) in [4.78, 5) is 21.7. The number of aliphatic hydroxyl groups excluding tert-OH is 1.